The second-order valence-corrected chi connectivity index (χ2v) is 13.1. The van der Waals surface area contributed by atoms with Crippen LogP contribution in [0.1, 0.15) is 50.4 Å². The molecule has 0 radical (unpaired) electrons. The first-order chi connectivity index (χ1) is 19.9. The van der Waals surface area contributed by atoms with Crippen molar-refractivity contribution in [1.29, 1.82) is 0 Å². The van der Waals surface area contributed by atoms with Gasteiger partial charge in [0.05, 0.1) is 36.7 Å². The number of amides is 3. The van der Waals surface area contributed by atoms with E-state index in [-0.39, 0.29) is 43.2 Å². The van der Waals surface area contributed by atoms with Crippen LogP contribution in [-0.4, -0.2) is 92.5 Å². The van der Waals surface area contributed by atoms with Gasteiger partial charge in [-0.2, -0.15) is 0 Å². The number of para-hydroxylation sites is 1. The molecule has 232 valence electrons. The van der Waals surface area contributed by atoms with E-state index in [0.29, 0.717) is 23.7 Å². The Morgan fingerprint density at radius 2 is 1.81 bits per heavy atom. The molecule has 1 aliphatic rings. The molecule has 0 saturated heterocycles. The molecule has 11 nitrogen and oxygen atoms in total. The molecule has 0 bridgehead atoms. The third-order valence-electron chi connectivity index (χ3n) is 7.34. The number of hydrogen-bond donors (Lipinski definition) is 3. The van der Waals surface area contributed by atoms with Crippen LogP contribution in [0.5, 0.6) is 5.75 Å². The summed E-state index contributed by atoms with van der Waals surface area (Å²) in [6.07, 6.45) is 2.78. The van der Waals surface area contributed by atoms with Gasteiger partial charge in [-0.15, -0.1) is 0 Å². The van der Waals surface area contributed by atoms with E-state index in [1.54, 1.807) is 42.2 Å². The van der Waals surface area contributed by atoms with Gasteiger partial charge in [-0.25, -0.2) is 17.5 Å². The van der Waals surface area contributed by atoms with Crippen molar-refractivity contribution in [2.45, 2.75) is 58.3 Å². The lowest BCUT2D eigenvalue weighted by Crippen LogP contribution is -2.47. The number of anilines is 2. The van der Waals surface area contributed by atoms with Gasteiger partial charge in [-0.05, 0) is 63.4 Å². The average molecular weight is 605 g/mol. The Morgan fingerprint density at radius 3 is 2.48 bits per heavy atom. The topological polar surface area (TPSA) is 138 Å². The minimum absolute atomic E-state index is 0.135. The van der Waals surface area contributed by atoms with Crippen LogP contribution in [0, 0.1) is 5.92 Å². The Labute approximate surface area is 249 Å². The van der Waals surface area contributed by atoms with Crippen molar-refractivity contribution in [2.24, 2.45) is 5.92 Å². The van der Waals surface area contributed by atoms with Crippen molar-refractivity contribution in [1.82, 2.24) is 9.21 Å². The molecule has 0 saturated carbocycles. The number of sulfonamides is 1. The maximum atomic E-state index is 14.1. The molecule has 1 aliphatic heterocycles. The van der Waals surface area contributed by atoms with Gasteiger partial charge in [-0.3, -0.25) is 4.79 Å². The third kappa shape index (κ3) is 9.69. The highest BCUT2D eigenvalue weighted by Crippen LogP contribution is 2.28. The predicted octanol–water partition coefficient (Wildman–Crippen LogP) is 4.02. The Morgan fingerprint density at radius 1 is 1.12 bits per heavy atom. The summed E-state index contributed by atoms with van der Waals surface area (Å²) in [7, 11) is -1.93. The van der Waals surface area contributed by atoms with Crippen LogP contribution in [0.4, 0.5) is 16.2 Å². The first kappa shape index (κ1) is 33.3. The predicted molar refractivity (Wildman–Crippen MR) is 163 cm³/mol. The van der Waals surface area contributed by atoms with E-state index in [2.05, 4.69) is 10.6 Å². The summed E-state index contributed by atoms with van der Waals surface area (Å²) in [5.41, 5.74) is 1.26. The van der Waals surface area contributed by atoms with Gasteiger partial charge in [0.25, 0.3) is 5.91 Å². The highest BCUT2D eigenvalue weighted by molar-refractivity contribution is 7.88. The summed E-state index contributed by atoms with van der Waals surface area (Å²) in [5.74, 6) is -0.271. The van der Waals surface area contributed by atoms with Crippen LogP contribution in [0.2, 0.25) is 0 Å². The number of nitrogens with zero attached hydrogens (tertiary/aromatic N) is 2. The van der Waals surface area contributed by atoms with E-state index in [1.807, 2.05) is 32.0 Å². The fraction of sp³-hybridized carbons (Fsp3) is 0.533. The zero-order valence-electron chi connectivity index (χ0n) is 25.1. The number of carbonyl (C=O) groups is 2. The van der Waals surface area contributed by atoms with E-state index in [9.17, 15) is 23.1 Å². The molecular formula is C30H44N4O7S. The molecule has 4 atom stereocenters. The van der Waals surface area contributed by atoms with Crippen LogP contribution in [0.3, 0.4) is 0 Å². The van der Waals surface area contributed by atoms with E-state index in [1.165, 1.54) is 11.4 Å². The average Bonchev–Trinajstić information content (AvgIpc) is 2.94. The van der Waals surface area contributed by atoms with Gasteiger partial charge in [0.2, 0.25) is 10.0 Å². The molecule has 0 fully saturated rings. The summed E-state index contributed by atoms with van der Waals surface area (Å²) < 4.78 is 37.9. The second-order valence-electron chi connectivity index (χ2n) is 11.0. The molecule has 0 spiro atoms. The number of carbonyl (C=O) groups excluding carboxylic acids is 2. The second kappa shape index (κ2) is 15.3. The fourth-order valence-corrected chi connectivity index (χ4v) is 5.08. The van der Waals surface area contributed by atoms with Crippen LogP contribution >= 0.6 is 0 Å². The van der Waals surface area contributed by atoms with Crippen molar-refractivity contribution >= 4 is 33.3 Å². The molecule has 3 amide bonds. The van der Waals surface area contributed by atoms with Gasteiger partial charge in [-0.1, -0.05) is 25.1 Å². The first-order valence-corrected chi connectivity index (χ1v) is 16.1. The number of likely N-dealkylation sites (N-methyl/N-ethyl adjacent to an activating group) is 1. The smallest absolute Gasteiger partial charge is 0.323 e. The Hall–Kier alpha value is -3.19. The molecule has 12 heteroatoms. The lowest BCUT2D eigenvalue weighted by Gasteiger charge is -2.35. The quantitative estimate of drug-likeness (QED) is 0.434. The molecule has 2 aromatic rings. The summed E-state index contributed by atoms with van der Waals surface area (Å²) >= 11 is 0. The van der Waals surface area contributed by atoms with Gasteiger partial charge < -0.3 is 30.1 Å². The van der Waals surface area contributed by atoms with E-state index >= 15 is 0 Å². The first-order valence-electron chi connectivity index (χ1n) is 14.3. The minimum atomic E-state index is -3.44. The molecule has 1 heterocycles. The zero-order chi connectivity index (χ0) is 30.9. The van der Waals surface area contributed by atoms with Crippen LogP contribution in [-0.2, 0) is 14.8 Å². The third-order valence-corrected chi connectivity index (χ3v) is 8.63. The number of urea groups is 1. The fourth-order valence-electron chi connectivity index (χ4n) is 4.67. The Bertz CT molecular complexity index is 1290. The molecule has 0 aromatic heterocycles. The van der Waals surface area contributed by atoms with Crippen molar-refractivity contribution in [2.75, 3.05) is 50.2 Å². The number of nitrogens with one attached hydrogen (secondary N) is 2. The number of aliphatic hydroxyl groups excluding tert-OH is 1. The zero-order valence-corrected chi connectivity index (χ0v) is 25.9. The molecular weight excluding hydrogens is 560 g/mol. The molecule has 2 aromatic carbocycles. The van der Waals surface area contributed by atoms with E-state index in [0.717, 1.165) is 25.5 Å². The lowest BCUT2D eigenvalue weighted by atomic mass is 10.0. The van der Waals surface area contributed by atoms with Crippen LogP contribution in [0.15, 0.2) is 48.5 Å². The SMILES string of the molecule is C[C@@H]1CCCCO[C@H](CN(C)S(C)(=O)=O)[C@H](C)CN([C@@H](C)CO)C(=O)c2cc(NC(=O)Nc3ccccc3)ccc2O1. The van der Waals surface area contributed by atoms with Crippen molar-refractivity contribution in [3.8, 4) is 5.75 Å². The monoisotopic (exact) mass is 604 g/mol. The number of rotatable bonds is 7. The van der Waals surface area contributed by atoms with Crippen molar-refractivity contribution in [3.05, 3.63) is 54.1 Å². The number of hydrogen-bond acceptors (Lipinski definition) is 7. The van der Waals surface area contributed by atoms with Gasteiger partial charge in [0, 0.05) is 44.0 Å². The number of benzene rings is 2. The van der Waals surface area contributed by atoms with Gasteiger partial charge in [0.15, 0.2) is 0 Å². The number of ether oxygens (including phenoxy) is 2. The van der Waals surface area contributed by atoms with Gasteiger partial charge >= 0.3 is 6.03 Å². The normalized spacial score (nSPS) is 21.5. The van der Waals surface area contributed by atoms with E-state index < -0.39 is 28.2 Å². The van der Waals surface area contributed by atoms with Crippen LogP contribution in [0.25, 0.3) is 0 Å². The van der Waals surface area contributed by atoms with Gasteiger partial charge in [0.1, 0.15) is 5.75 Å². The number of aliphatic hydroxyl groups is 1. The van der Waals surface area contributed by atoms with Crippen molar-refractivity contribution < 1.29 is 32.6 Å². The summed E-state index contributed by atoms with van der Waals surface area (Å²) in [6, 6.07) is 12.9. The molecule has 42 heavy (non-hydrogen) atoms. The summed E-state index contributed by atoms with van der Waals surface area (Å²) in [6.45, 7) is 6.07. The highest BCUT2D eigenvalue weighted by Gasteiger charge is 2.31. The summed E-state index contributed by atoms with van der Waals surface area (Å²) in [4.78, 5) is 28.4. The molecule has 3 N–H and O–H groups in total. The maximum absolute atomic E-state index is 14.1. The molecule has 0 unspecified atom stereocenters. The lowest BCUT2D eigenvalue weighted by molar-refractivity contribution is -0.00828. The molecule has 0 aliphatic carbocycles. The Balaban J connectivity index is 1.95. The molecule has 3 rings (SSSR count). The highest BCUT2D eigenvalue weighted by atomic mass is 32.2. The minimum Gasteiger partial charge on any atom is -0.490 e. The Kier molecular flexibility index (Phi) is 12.2. The number of fused-ring (bicyclic) bond motifs is 1. The summed E-state index contributed by atoms with van der Waals surface area (Å²) in [5, 5.41) is 15.6. The maximum Gasteiger partial charge on any atom is 0.323 e. The standard InChI is InChI=1S/C30H44N4O7S/c1-21-18-34(22(2)20-35)29(36)26-17-25(32-30(37)31-24-12-7-6-8-13-24)14-15-27(26)41-23(3)11-9-10-16-40-28(21)19-33(4)42(5,38)39/h6-8,12-15,17,21-23,28,35H,9-11,16,18-20H2,1-5H3,(H2,31,32,37)/t21-,22+,23-,28-/m1/s1. The largest absolute Gasteiger partial charge is 0.490 e. The van der Waals surface area contributed by atoms with Crippen molar-refractivity contribution in [3.63, 3.8) is 0 Å². The van der Waals surface area contributed by atoms with Crippen LogP contribution < -0.4 is 15.4 Å². The van der Waals surface area contributed by atoms with E-state index in [4.69, 9.17) is 9.47 Å².